The topological polar surface area (TPSA) is 49.0 Å². The van der Waals surface area contributed by atoms with Gasteiger partial charge in [-0.3, -0.25) is 0 Å². The third kappa shape index (κ3) is 7.49. The number of methoxy groups -OCH3 is 1. The predicted octanol–water partition coefficient (Wildman–Crippen LogP) is 4.19. The lowest BCUT2D eigenvalue weighted by Crippen LogP contribution is -2.13. The predicted molar refractivity (Wildman–Crippen MR) is 108 cm³/mol. The van der Waals surface area contributed by atoms with Gasteiger partial charge in [-0.2, -0.15) is 0 Å². The van der Waals surface area contributed by atoms with E-state index in [1.54, 1.807) is 7.11 Å². The standard InChI is InChI=1S/C22H31NO4/c1-5-25-12-13-26-21-11-8-19(14-22(21)24-4)16-23-15-18-6-9-20(10-7-18)27-17(2)3/h6-11,14,17,23H,5,12-13,15-16H2,1-4H3. The molecule has 0 aromatic heterocycles. The van der Waals surface area contributed by atoms with Gasteiger partial charge in [0.1, 0.15) is 12.4 Å². The summed E-state index contributed by atoms with van der Waals surface area (Å²) in [6, 6.07) is 14.2. The maximum atomic E-state index is 5.72. The molecule has 2 aromatic carbocycles. The first-order valence-corrected chi connectivity index (χ1v) is 9.46. The van der Waals surface area contributed by atoms with Gasteiger partial charge in [0.15, 0.2) is 11.5 Å². The van der Waals surface area contributed by atoms with Gasteiger partial charge in [-0.25, -0.2) is 0 Å². The number of nitrogens with one attached hydrogen (secondary N) is 1. The molecule has 0 spiro atoms. The Labute approximate surface area is 162 Å². The van der Waals surface area contributed by atoms with Crippen LogP contribution in [0.3, 0.4) is 0 Å². The van der Waals surface area contributed by atoms with Gasteiger partial charge >= 0.3 is 0 Å². The molecule has 0 fully saturated rings. The minimum absolute atomic E-state index is 0.190. The SMILES string of the molecule is CCOCCOc1ccc(CNCc2ccc(OC(C)C)cc2)cc1OC. The fourth-order valence-corrected chi connectivity index (χ4v) is 2.61. The third-order valence-electron chi connectivity index (χ3n) is 3.87. The molecule has 0 heterocycles. The monoisotopic (exact) mass is 373 g/mol. The molecular formula is C22H31NO4. The molecule has 0 aliphatic carbocycles. The first kappa shape index (κ1) is 21.1. The van der Waals surface area contributed by atoms with Gasteiger partial charge in [-0.05, 0) is 56.2 Å². The van der Waals surface area contributed by atoms with Crippen molar-refractivity contribution in [3.05, 3.63) is 53.6 Å². The lowest BCUT2D eigenvalue weighted by atomic mass is 10.2. The second-order valence-electron chi connectivity index (χ2n) is 6.44. The molecule has 148 valence electrons. The van der Waals surface area contributed by atoms with Gasteiger partial charge in [0.25, 0.3) is 0 Å². The maximum absolute atomic E-state index is 5.72. The molecule has 0 atom stereocenters. The molecule has 0 aliphatic heterocycles. The molecule has 0 saturated heterocycles. The first-order chi connectivity index (χ1) is 13.1. The third-order valence-corrected chi connectivity index (χ3v) is 3.87. The molecule has 27 heavy (non-hydrogen) atoms. The van der Waals surface area contributed by atoms with Crippen LogP contribution >= 0.6 is 0 Å². The van der Waals surface area contributed by atoms with Gasteiger partial charge < -0.3 is 24.3 Å². The van der Waals surface area contributed by atoms with Crippen molar-refractivity contribution in [1.82, 2.24) is 5.32 Å². The number of ether oxygens (including phenoxy) is 4. The van der Waals surface area contributed by atoms with Gasteiger partial charge in [0.2, 0.25) is 0 Å². The highest BCUT2D eigenvalue weighted by molar-refractivity contribution is 5.43. The van der Waals surface area contributed by atoms with E-state index in [4.69, 9.17) is 18.9 Å². The Morgan fingerprint density at radius 2 is 1.59 bits per heavy atom. The van der Waals surface area contributed by atoms with E-state index < -0.39 is 0 Å². The van der Waals surface area contributed by atoms with Gasteiger partial charge in [-0.1, -0.05) is 18.2 Å². The Hall–Kier alpha value is -2.24. The molecule has 0 unspecified atom stereocenters. The van der Waals surface area contributed by atoms with Crippen molar-refractivity contribution >= 4 is 0 Å². The number of hydrogen-bond donors (Lipinski definition) is 1. The van der Waals surface area contributed by atoms with Crippen LogP contribution in [0.1, 0.15) is 31.9 Å². The minimum atomic E-state index is 0.190. The number of rotatable bonds is 12. The van der Waals surface area contributed by atoms with E-state index in [1.807, 2.05) is 51.1 Å². The van der Waals surface area contributed by atoms with Crippen LogP contribution < -0.4 is 19.5 Å². The van der Waals surface area contributed by atoms with Crippen molar-refractivity contribution in [2.24, 2.45) is 0 Å². The summed E-state index contributed by atoms with van der Waals surface area (Å²) < 4.78 is 22.1. The minimum Gasteiger partial charge on any atom is -0.493 e. The summed E-state index contributed by atoms with van der Waals surface area (Å²) in [5.74, 6) is 2.38. The molecule has 0 radical (unpaired) electrons. The Bertz CT molecular complexity index is 671. The number of hydrogen-bond acceptors (Lipinski definition) is 5. The van der Waals surface area contributed by atoms with Crippen molar-refractivity contribution in [2.75, 3.05) is 26.9 Å². The fourth-order valence-electron chi connectivity index (χ4n) is 2.61. The van der Waals surface area contributed by atoms with E-state index in [-0.39, 0.29) is 6.10 Å². The summed E-state index contributed by atoms with van der Waals surface area (Å²) in [6.45, 7) is 9.34. The van der Waals surface area contributed by atoms with Crippen LogP contribution in [-0.2, 0) is 17.8 Å². The Balaban J connectivity index is 1.82. The quantitative estimate of drug-likeness (QED) is 0.566. The van der Waals surface area contributed by atoms with Crippen molar-refractivity contribution in [1.29, 1.82) is 0 Å². The Kier molecular flexibility index (Phi) is 8.95. The zero-order valence-corrected chi connectivity index (χ0v) is 16.8. The van der Waals surface area contributed by atoms with Gasteiger partial charge in [0.05, 0.1) is 19.8 Å². The summed E-state index contributed by atoms with van der Waals surface area (Å²) in [4.78, 5) is 0. The maximum Gasteiger partial charge on any atom is 0.161 e. The summed E-state index contributed by atoms with van der Waals surface area (Å²) in [5, 5.41) is 3.45. The van der Waals surface area contributed by atoms with E-state index in [1.165, 1.54) is 5.56 Å². The molecule has 0 amide bonds. The second kappa shape index (κ2) is 11.5. The molecule has 2 rings (SSSR count). The molecule has 1 N–H and O–H groups in total. The fraction of sp³-hybridized carbons (Fsp3) is 0.455. The Morgan fingerprint density at radius 3 is 2.26 bits per heavy atom. The van der Waals surface area contributed by atoms with Crippen LogP contribution in [-0.4, -0.2) is 33.0 Å². The van der Waals surface area contributed by atoms with Crippen LogP contribution in [0.15, 0.2) is 42.5 Å². The zero-order valence-electron chi connectivity index (χ0n) is 16.8. The van der Waals surface area contributed by atoms with E-state index in [2.05, 4.69) is 17.4 Å². The lowest BCUT2D eigenvalue weighted by molar-refractivity contribution is 0.109. The van der Waals surface area contributed by atoms with Crippen LogP contribution in [0.5, 0.6) is 17.2 Å². The summed E-state index contributed by atoms with van der Waals surface area (Å²) in [5.41, 5.74) is 2.36. The molecule has 0 saturated carbocycles. The van der Waals surface area contributed by atoms with Crippen molar-refractivity contribution in [3.8, 4) is 17.2 Å². The lowest BCUT2D eigenvalue weighted by Gasteiger charge is -2.13. The molecule has 5 heteroatoms. The van der Waals surface area contributed by atoms with E-state index in [9.17, 15) is 0 Å². The average molecular weight is 373 g/mol. The second-order valence-corrected chi connectivity index (χ2v) is 6.44. The highest BCUT2D eigenvalue weighted by Gasteiger charge is 2.06. The largest absolute Gasteiger partial charge is 0.493 e. The van der Waals surface area contributed by atoms with Crippen molar-refractivity contribution in [2.45, 2.75) is 40.0 Å². The summed E-state index contributed by atoms with van der Waals surface area (Å²) in [6.07, 6.45) is 0.190. The van der Waals surface area contributed by atoms with Crippen LogP contribution in [0.2, 0.25) is 0 Å². The van der Waals surface area contributed by atoms with E-state index in [0.29, 0.717) is 19.8 Å². The van der Waals surface area contributed by atoms with Gasteiger partial charge in [-0.15, -0.1) is 0 Å². The van der Waals surface area contributed by atoms with Gasteiger partial charge in [0, 0.05) is 19.7 Å². The van der Waals surface area contributed by atoms with Crippen molar-refractivity contribution in [3.63, 3.8) is 0 Å². The Morgan fingerprint density at radius 1 is 0.889 bits per heavy atom. The molecule has 0 bridgehead atoms. The normalized spacial score (nSPS) is 10.9. The molecule has 2 aromatic rings. The molecule has 0 aliphatic rings. The number of benzene rings is 2. The highest BCUT2D eigenvalue weighted by Crippen LogP contribution is 2.28. The first-order valence-electron chi connectivity index (χ1n) is 9.46. The smallest absolute Gasteiger partial charge is 0.161 e. The zero-order chi connectivity index (χ0) is 19.5. The molecular weight excluding hydrogens is 342 g/mol. The van der Waals surface area contributed by atoms with E-state index >= 15 is 0 Å². The van der Waals surface area contributed by atoms with Crippen LogP contribution in [0, 0.1) is 0 Å². The summed E-state index contributed by atoms with van der Waals surface area (Å²) in [7, 11) is 1.66. The van der Waals surface area contributed by atoms with Crippen LogP contribution in [0.4, 0.5) is 0 Å². The highest BCUT2D eigenvalue weighted by atomic mass is 16.5. The van der Waals surface area contributed by atoms with Crippen molar-refractivity contribution < 1.29 is 18.9 Å². The molecule has 5 nitrogen and oxygen atoms in total. The summed E-state index contributed by atoms with van der Waals surface area (Å²) >= 11 is 0. The average Bonchev–Trinajstić information content (AvgIpc) is 2.67. The van der Waals surface area contributed by atoms with E-state index in [0.717, 1.165) is 35.9 Å². The van der Waals surface area contributed by atoms with Crippen LogP contribution in [0.25, 0.3) is 0 Å².